The number of phenolic OH excluding ortho intramolecular Hbond substituents is 1. The summed E-state index contributed by atoms with van der Waals surface area (Å²) in [7, 11) is 0. The standard InChI is InChI=1S/C29H42O3.2C3H8.2C2H6/c1-19(2)12-9-13-20(3)14-10-15-21(4)16-11-17-29(8)18-25(30)26-24(7)27(31)22(5)23(6)28(26)32-29;2*1-3-2;2*1-2/h12,14,16,31H,9-11,13,15,17-18H2,1-8H3;2*3H2,1-2H3;2*1-2H3/b20-14+,21-16+;;;;. The van der Waals surface area contributed by atoms with E-state index in [9.17, 15) is 9.90 Å². The number of phenols is 1. The first-order valence-electron chi connectivity index (χ1n) is 16.8. The van der Waals surface area contributed by atoms with Crippen molar-refractivity contribution in [3.63, 3.8) is 0 Å². The fourth-order valence-corrected chi connectivity index (χ4v) is 4.38. The summed E-state index contributed by atoms with van der Waals surface area (Å²) in [6, 6.07) is 0. The second kappa shape index (κ2) is 25.2. The zero-order valence-corrected chi connectivity index (χ0v) is 30.9. The zero-order chi connectivity index (χ0) is 33.5. The molecule has 0 bridgehead atoms. The van der Waals surface area contributed by atoms with Crippen LogP contribution in [0.15, 0.2) is 34.9 Å². The van der Waals surface area contributed by atoms with Gasteiger partial charge < -0.3 is 9.84 Å². The van der Waals surface area contributed by atoms with Gasteiger partial charge in [-0.1, -0.05) is 103 Å². The number of ketones is 1. The van der Waals surface area contributed by atoms with Crippen LogP contribution in [0.25, 0.3) is 0 Å². The molecule has 1 aromatic carbocycles. The van der Waals surface area contributed by atoms with Crippen molar-refractivity contribution in [2.45, 2.75) is 174 Å². The molecule has 0 aliphatic carbocycles. The van der Waals surface area contributed by atoms with Gasteiger partial charge in [0.1, 0.15) is 17.1 Å². The van der Waals surface area contributed by atoms with Crippen LogP contribution in [0, 0.1) is 20.8 Å². The molecule has 244 valence electrons. The molecule has 0 amide bonds. The quantitative estimate of drug-likeness (QED) is 0.293. The van der Waals surface area contributed by atoms with E-state index in [1.54, 1.807) is 6.92 Å². The van der Waals surface area contributed by atoms with E-state index in [0.29, 0.717) is 23.3 Å². The number of benzene rings is 1. The summed E-state index contributed by atoms with van der Waals surface area (Å²) in [4.78, 5) is 12.9. The molecular weight excluding hydrogens is 516 g/mol. The van der Waals surface area contributed by atoms with Gasteiger partial charge in [0.05, 0.1) is 12.0 Å². The minimum absolute atomic E-state index is 0.0686. The summed E-state index contributed by atoms with van der Waals surface area (Å²) in [5.74, 6) is 0.937. The number of carbonyl (C=O) groups is 1. The van der Waals surface area contributed by atoms with Crippen molar-refractivity contribution in [1.82, 2.24) is 0 Å². The lowest BCUT2D eigenvalue weighted by Gasteiger charge is -2.37. The maximum atomic E-state index is 12.9. The summed E-state index contributed by atoms with van der Waals surface area (Å²) in [5.41, 5.74) is 6.56. The smallest absolute Gasteiger partial charge is 0.170 e. The average Bonchev–Trinajstić information content (AvgIpc) is 2.93. The third-order valence-electron chi connectivity index (χ3n) is 6.67. The van der Waals surface area contributed by atoms with Gasteiger partial charge in [0.2, 0.25) is 0 Å². The topological polar surface area (TPSA) is 46.5 Å². The molecule has 0 radical (unpaired) electrons. The molecule has 0 spiro atoms. The van der Waals surface area contributed by atoms with E-state index < -0.39 is 5.60 Å². The lowest BCUT2D eigenvalue weighted by atomic mass is 9.84. The maximum absolute atomic E-state index is 12.9. The average molecular weight is 587 g/mol. The number of carbonyl (C=O) groups excluding carboxylic acids is 1. The van der Waals surface area contributed by atoms with Crippen LogP contribution in [-0.4, -0.2) is 16.5 Å². The van der Waals surface area contributed by atoms with Crippen molar-refractivity contribution >= 4 is 5.78 Å². The minimum atomic E-state index is -0.511. The van der Waals surface area contributed by atoms with Crippen LogP contribution >= 0.6 is 0 Å². The minimum Gasteiger partial charge on any atom is -0.507 e. The van der Waals surface area contributed by atoms with E-state index in [1.807, 2.05) is 48.5 Å². The highest BCUT2D eigenvalue weighted by molar-refractivity contribution is 6.03. The van der Waals surface area contributed by atoms with Gasteiger partial charge in [-0.3, -0.25) is 4.79 Å². The van der Waals surface area contributed by atoms with Crippen molar-refractivity contribution < 1.29 is 14.6 Å². The molecule has 1 heterocycles. The Morgan fingerprint density at radius 1 is 0.762 bits per heavy atom. The van der Waals surface area contributed by atoms with Gasteiger partial charge in [0.15, 0.2) is 5.78 Å². The zero-order valence-electron chi connectivity index (χ0n) is 30.9. The number of hydrogen-bond acceptors (Lipinski definition) is 3. The van der Waals surface area contributed by atoms with Crippen LogP contribution in [0.5, 0.6) is 11.5 Å². The number of fused-ring (bicyclic) bond motifs is 1. The Kier molecular flexibility index (Phi) is 26.5. The van der Waals surface area contributed by atoms with Gasteiger partial charge in [0.25, 0.3) is 0 Å². The third-order valence-corrected chi connectivity index (χ3v) is 6.67. The molecule has 1 unspecified atom stereocenters. The number of Topliss-reactive ketones (excluding diaryl/α,β-unsaturated/α-hetero) is 1. The first kappa shape index (κ1) is 44.2. The maximum Gasteiger partial charge on any atom is 0.170 e. The molecule has 1 atom stereocenters. The summed E-state index contributed by atoms with van der Waals surface area (Å²) in [6.45, 7) is 32.8. The van der Waals surface area contributed by atoms with Crippen LogP contribution in [0.2, 0.25) is 0 Å². The molecule has 0 fully saturated rings. The number of rotatable bonds is 9. The van der Waals surface area contributed by atoms with Gasteiger partial charge in [0, 0.05) is 5.56 Å². The van der Waals surface area contributed by atoms with Crippen molar-refractivity contribution in [2.75, 3.05) is 0 Å². The molecule has 1 aliphatic heterocycles. The second-order valence-electron chi connectivity index (χ2n) is 11.5. The molecule has 2 rings (SSSR count). The fraction of sp³-hybridized carbons (Fsp3) is 0.667. The Morgan fingerprint density at radius 2 is 1.19 bits per heavy atom. The van der Waals surface area contributed by atoms with Crippen molar-refractivity contribution in [1.29, 1.82) is 0 Å². The summed E-state index contributed by atoms with van der Waals surface area (Å²) >= 11 is 0. The van der Waals surface area contributed by atoms with Crippen molar-refractivity contribution in [3.8, 4) is 11.5 Å². The highest BCUT2D eigenvalue weighted by Crippen LogP contribution is 2.44. The van der Waals surface area contributed by atoms with Crippen LogP contribution in [0.4, 0.5) is 0 Å². The number of aromatic hydroxyl groups is 1. The summed E-state index contributed by atoms with van der Waals surface area (Å²) in [5, 5.41) is 10.3. The normalized spacial score (nSPS) is 15.6. The van der Waals surface area contributed by atoms with Crippen LogP contribution in [-0.2, 0) is 0 Å². The monoisotopic (exact) mass is 587 g/mol. The van der Waals surface area contributed by atoms with Crippen LogP contribution in [0.3, 0.4) is 0 Å². The van der Waals surface area contributed by atoms with Crippen molar-refractivity contribution in [2.24, 2.45) is 0 Å². The van der Waals surface area contributed by atoms with Gasteiger partial charge in [-0.05, 0) is 105 Å². The number of hydrogen-bond donors (Lipinski definition) is 1. The molecule has 3 heteroatoms. The highest BCUT2D eigenvalue weighted by Gasteiger charge is 2.38. The van der Waals surface area contributed by atoms with E-state index in [0.717, 1.165) is 49.7 Å². The SMILES string of the molecule is CC.CC.CC(C)=CCC/C(C)=C/CC/C(C)=C/CCC1(C)CC(=O)c2c(C)c(O)c(C)c(C)c2O1.CCC.CCC. The van der Waals surface area contributed by atoms with E-state index >= 15 is 0 Å². The van der Waals surface area contributed by atoms with Crippen LogP contribution in [0.1, 0.15) is 175 Å². The van der Waals surface area contributed by atoms with E-state index in [1.165, 1.54) is 29.6 Å². The molecule has 0 saturated carbocycles. The predicted octanol–water partition coefficient (Wildman–Crippen LogP) is 13.1. The van der Waals surface area contributed by atoms with Gasteiger partial charge in [-0.15, -0.1) is 0 Å². The second-order valence-corrected chi connectivity index (χ2v) is 11.5. The van der Waals surface area contributed by atoms with E-state index in [4.69, 9.17) is 4.74 Å². The number of allylic oxidation sites excluding steroid dienone is 6. The predicted molar refractivity (Wildman–Crippen MR) is 190 cm³/mol. The lowest BCUT2D eigenvalue weighted by molar-refractivity contribution is 0.0466. The molecular formula is C39H70O3. The molecule has 1 aliphatic rings. The lowest BCUT2D eigenvalue weighted by Crippen LogP contribution is -2.39. The Bertz CT molecular complexity index is 972. The van der Waals surface area contributed by atoms with Gasteiger partial charge >= 0.3 is 0 Å². The molecule has 0 saturated heterocycles. The third kappa shape index (κ3) is 17.0. The molecule has 42 heavy (non-hydrogen) atoms. The summed E-state index contributed by atoms with van der Waals surface area (Å²) < 4.78 is 6.41. The molecule has 1 aromatic rings. The van der Waals surface area contributed by atoms with E-state index in [-0.39, 0.29) is 11.5 Å². The first-order chi connectivity index (χ1) is 19.8. The Labute approximate surface area is 262 Å². The Morgan fingerprint density at radius 3 is 1.64 bits per heavy atom. The van der Waals surface area contributed by atoms with E-state index in [2.05, 4.69) is 73.6 Å². The molecule has 1 N–H and O–H groups in total. The Hall–Kier alpha value is -2.29. The van der Waals surface area contributed by atoms with Gasteiger partial charge in [-0.2, -0.15) is 0 Å². The number of ether oxygens (including phenoxy) is 1. The first-order valence-corrected chi connectivity index (χ1v) is 16.8. The highest BCUT2D eigenvalue weighted by atomic mass is 16.5. The van der Waals surface area contributed by atoms with Crippen LogP contribution < -0.4 is 4.74 Å². The largest absolute Gasteiger partial charge is 0.507 e. The molecule has 3 nitrogen and oxygen atoms in total. The fourth-order valence-electron chi connectivity index (χ4n) is 4.38. The molecule has 0 aromatic heterocycles. The Balaban J connectivity index is -0.00000135. The van der Waals surface area contributed by atoms with Gasteiger partial charge in [-0.25, -0.2) is 0 Å². The van der Waals surface area contributed by atoms with Crippen molar-refractivity contribution in [3.05, 3.63) is 57.2 Å². The summed E-state index contributed by atoms with van der Waals surface area (Å²) in [6.07, 6.45) is 15.9.